The monoisotopic (exact) mass is 472 g/mol. The van der Waals surface area contributed by atoms with Crippen molar-refractivity contribution in [2.45, 2.75) is 55.6 Å². The van der Waals surface area contributed by atoms with E-state index >= 15 is 0 Å². The van der Waals surface area contributed by atoms with Crippen LogP contribution in [-0.4, -0.2) is 52.2 Å². The number of hydrogen-bond donors (Lipinski definition) is 2. The average molecular weight is 473 g/mol. The number of alkyl carbamates (subject to hydrolysis) is 1. The van der Waals surface area contributed by atoms with Gasteiger partial charge in [0.25, 0.3) is 0 Å². The number of nitrogens with zero attached hydrogens (tertiary/aromatic N) is 1. The number of carboxylic acid groups (broad SMARTS) is 1. The number of amides is 2. The number of fused-ring (bicyclic) bond motifs is 5. The van der Waals surface area contributed by atoms with Crippen molar-refractivity contribution in [2.75, 3.05) is 6.61 Å². The number of nitrogens with one attached hydrogen (secondary N) is 1. The van der Waals surface area contributed by atoms with Gasteiger partial charge >= 0.3 is 12.1 Å². The van der Waals surface area contributed by atoms with Gasteiger partial charge in [0, 0.05) is 12.0 Å². The lowest BCUT2D eigenvalue weighted by Crippen LogP contribution is -2.52. The molecule has 180 valence electrons. The molecule has 2 aliphatic heterocycles. The zero-order chi connectivity index (χ0) is 24.2. The highest BCUT2D eigenvalue weighted by molar-refractivity contribution is 5.91. The minimum absolute atomic E-state index is 0.0144. The SMILES string of the molecule is O=C(NC1C=CC(C(=O)N2C3CCC2(C(=O)O)CC3)C1)OCC1c2ccccc2-c2ccccc21. The Bertz CT molecular complexity index is 1180. The minimum Gasteiger partial charge on any atom is -0.479 e. The first-order chi connectivity index (χ1) is 17.0. The maximum Gasteiger partial charge on any atom is 0.407 e. The molecule has 4 aliphatic rings. The van der Waals surface area contributed by atoms with Gasteiger partial charge in [-0.1, -0.05) is 60.7 Å². The lowest BCUT2D eigenvalue weighted by Gasteiger charge is -2.32. The quantitative estimate of drug-likeness (QED) is 0.640. The molecule has 2 N–H and O–H groups in total. The molecule has 7 heteroatoms. The molecule has 2 amide bonds. The van der Waals surface area contributed by atoms with Crippen LogP contribution in [-0.2, 0) is 14.3 Å². The van der Waals surface area contributed by atoms with Crippen molar-refractivity contribution in [2.24, 2.45) is 5.92 Å². The fourth-order valence-corrected chi connectivity index (χ4v) is 6.60. The van der Waals surface area contributed by atoms with Crippen molar-refractivity contribution in [3.8, 4) is 11.1 Å². The van der Waals surface area contributed by atoms with Crippen LogP contribution in [0.1, 0.15) is 49.1 Å². The molecule has 7 nitrogen and oxygen atoms in total. The molecule has 0 radical (unpaired) electrons. The Morgan fingerprint density at radius 2 is 1.60 bits per heavy atom. The van der Waals surface area contributed by atoms with Crippen LogP contribution >= 0.6 is 0 Å². The predicted molar refractivity (Wildman–Crippen MR) is 129 cm³/mol. The third-order valence-electron chi connectivity index (χ3n) is 8.29. The Morgan fingerprint density at radius 1 is 0.971 bits per heavy atom. The molecule has 2 fully saturated rings. The first-order valence-electron chi connectivity index (χ1n) is 12.3. The summed E-state index contributed by atoms with van der Waals surface area (Å²) in [6, 6.07) is 16.1. The van der Waals surface area contributed by atoms with Gasteiger partial charge in [-0.3, -0.25) is 4.79 Å². The van der Waals surface area contributed by atoms with Gasteiger partial charge in [0.2, 0.25) is 5.91 Å². The van der Waals surface area contributed by atoms with Crippen molar-refractivity contribution in [1.82, 2.24) is 10.2 Å². The molecular formula is C28H28N2O5. The van der Waals surface area contributed by atoms with E-state index in [1.807, 2.05) is 30.3 Å². The largest absolute Gasteiger partial charge is 0.479 e. The molecular weight excluding hydrogens is 444 g/mol. The van der Waals surface area contributed by atoms with Gasteiger partial charge in [-0.25, -0.2) is 9.59 Å². The van der Waals surface area contributed by atoms with Crippen LogP contribution in [0.3, 0.4) is 0 Å². The smallest absolute Gasteiger partial charge is 0.407 e. The van der Waals surface area contributed by atoms with E-state index in [0.29, 0.717) is 19.3 Å². The standard InChI is InChI=1S/C28H28N2O5/c31-25(30-19-11-13-28(30,14-12-19)26(32)33)17-9-10-18(15-17)29-27(34)35-16-24-22-7-3-1-5-20(22)21-6-2-4-8-23(21)24/h1-10,17-19,24H,11-16H2,(H,29,34)(H,32,33). The van der Waals surface area contributed by atoms with Gasteiger partial charge in [0.1, 0.15) is 12.1 Å². The minimum atomic E-state index is -1.05. The van der Waals surface area contributed by atoms with Gasteiger partial charge < -0.3 is 20.1 Å². The Balaban J connectivity index is 1.07. The highest BCUT2D eigenvalue weighted by atomic mass is 16.5. The van der Waals surface area contributed by atoms with Gasteiger partial charge in [-0.15, -0.1) is 0 Å². The summed E-state index contributed by atoms with van der Waals surface area (Å²) in [5, 5.41) is 12.7. The number of carbonyl (C=O) groups is 3. The van der Waals surface area contributed by atoms with Crippen LogP contribution in [0.25, 0.3) is 11.1 Å². The molecule has 2 aliphatic carbocycles. The molecule has 2 aromatic rings. The van der Waals surface area contributed by atoms with E-state index in [2.05, 4.69) is 29.6 Å². The predicted octanol–water partition coefficient (Wildman–Crippen LogP) is 4.08. The number of carboxylic acids is 1. The molecule has 2 heterocycles. The fourth-order valence-electron chi connectivity index (χ4n) is 6.60. The Morgan fingerprint density at radius 3 is 2.23 bits per heavy atom. The van der Waals surface area contributed by atoms with E-state index in [9.17, 15) is 19.5 Å². The molecule has 2 bridgehead atoms. The lowest BCUT2D eigenvalue weighted by molar-refractivity contribution is -0.156. The summed E-state index contributed by atoms with van der Waals surface area (Å²) in [7, 11) is 0. The van der Waals surface area contributed by atoms with Crippen molar-refractivity contribution < 1.29 is 24.2 Å². The maximum absolute atomic E-state index is 13.3. The highest BCUT2D eigenvalue weighted by Gasteiger charge is 2.59. The number of carbonyl (C=O) groups excluding carboxylic acids is 2. The number of hydrogen-bond acceptors (Lipinski definition) is 4. The zero-order valence-corrected chi connectivity index (χ0v) is 19.4. The normalized spacial score (nSPS) is 28.1. The van der Waals surface area contributed by atoms with Crippen LogP contribution in [0, 0.1) is 5.92 Å². The van der Waals surface area contributed by atoms with Gasteiger partial charge in [0.15, 0.2) is 0 Å². The van der Waals surface area contributed by atoms with Gasteiger partial charge in [-0.05, 0) is 54.4 Å². The van der Waals surface area contributed by atoms with E-state index in [-0.39, 0.29) is 30.5 Å². The van der Waals surface area contributed by atoms with E-state index < -0.39 is 23.5 Å². The third-order valence-corrected chi connectivity index (χ3v) is 8.29. The molecule has 0 spiro atoms. The van der Waals surface area contributed by atoms with Crippen molar-refractivity contribution in [3.63, 3.8) is 0 Å². The number of ether oxygens (including phenoxy) is 1. The van der Waals surface area contributed by atoms with E-state index in [1.54, 1.807) is 11.0 Å². The molecule has 35 heavy (non-hydrogen) atoms. The summed E-state index contributed by atoms with van der Waals surface area (Å²) in [6.45, 7) is 0.231. The van der Waals surface area contributed by atoms with Crippen LogP contribution in [0.4, 0.5) is 4.79 Å². The second kappa shape index (κ2) is 8.26. The van der Waals surface area contributed by atoms with Crippen molar-refractivity contribution in [1.29, 1.82) is 0 Å². The average Bonchev–Trinajstić information content (AvgIpc) is 3.64. The summed E-state index contributed by atoms with van der Waals surface area (Å²) in [4.78, 5) is 39.5. The molecule has 0 saturated carbocycles. The van der Waals surface area contributed by atoms with Crippen molar-refractivity contribution in [3.05, 3.63) is 71.8 Å². The molecule has 0 aromatic heterocycles. The molecule has 6 rings (SSSR count). The molecule has 2 unspecified atom stereocenters. The topological polar surface area (TPSA) is 95.9 Å². The first-order valence-corrected chi connectivity index (χ1v) is 12.3. The zero-order valence-electron chi connectivity index (χ0n) is 19.4. The number of rotatable bonds is 5. The summed E-state index contributed by atoms with van der Waals surface area (Å²) in [5.74, 6) is -1.48. The summed E-state index contributed by atoms with van der Waals surface area (Å²) in [5.41, 5.74) is 3.61. The summed E-state index contributed by atoms with van der Waals surface area (Å²) in [6.07, 6.45) is 6.05. The summed E-state index contributed by atoms with van der Waals surface area (Å²) >= 11 is 0. The van der Waals surface area contributed by atoms with Gasteiger partial charge in [-0.2, -0.15) is 0 Å². The van der Waals surface area contributed by atoms with Crippen molar-refractivity contribution >= 4 is 18.0 Å². The molecule has 2 aromatic carbocycles. The summed E-state index contributed by atoms with van der Waals surface area (Å²) < 4.78 is 5.63. The van der Waals surface area contributed by atoms with Gasteiger partial charge in [0.05, 0.1) is 12.0 Å². The Labute approximate surface area is 203 Å². The number of benzene rings is 2. The Hall–Kier alpha value is -3.61. The number of aliphatic carboxylic acids is 1. The van der Waals surface area contributed by atoms with E-state index in [1.165, 1.54) is 11.1 Å². The van der Waals surface area contributed by atoms with E-state index in [0.717, 1.165) is 24.0 Å². The Kier molecular flexibility index (Phi) is 5.16. The molecule has 2 atom stereocenters. The lowest BCUT2D eigenvalue weighted by atomic mass is 9.88. The molecule has 2 saturated heterocycles. The first kappa shape index (κ1) is 21.9. The van der Waals surface area contributed by atoms with Crippen LogP contribution in [0.2, 0.25) is 0 Å². The van der Waals surface area contributed by atoms with Crippen LogP contribution in [0.15, 0.2) is 60.7 Å². The second-order valence-electron chi connectivity index (χ2n) is 10.1. The highest BCUT2D eigenvalue weighted by Crippen LogP contribution is 2.48. The van der Waals surface area contributed by atoms with E-state index in [4.69, 9.17) is 4.74 Å². The third kappa shape index (κ3) is 3.44. The van der Waals surface area contributed by atoms with Crippen LogP contribution < -0.4 is 5.32 Å². The fraction of sp³-hybridized carbons (Fsp3) is 0.393. The maximum atomic E-state index is 13.3. The van der Waals surface area contributed by atoms with Crippen LogP contribution in [0.5, 0.6) is 0 Å². The second-order valence-corrected chi connectivity index (χ2v) is 10.1.